The van der Waals surface area contributed by atoms with Crippen LogP contribution in [0.2, 0.25) is 0 Å². The molecule has 0 amide bonds. The number of phosphoric acid groups is 2. The van der Waals surface area contributed by atoms with Crippen molar-refractivity contribution < 1.29 is 37.0 Å². The van der Waals surface area contributed by atoms with Crippen LogP contribution in [-0.4, -0.2) is 23.1 Å². The van der Waals surface area contributed by atoms with Crippen molar-refractivity contribution in [2.75, 3.05) is 0 Å². The van der Waals surface area contributed by atoms with Gasteiger partial charge in [0, 0.05) is 66.8 Å². The zero-order chi connectivity index (χ0) is 70.5. The Balaban J connectivity index is 0.000000140. The van der Waals surface area contributed by atoms with E-state index in [0.29, 0.717) is 44.5 Å². The van der Waals surface area contributed by atoms with Crippen LogP contribution in [0.5, 0.6) is 23.0 Å². The van der Waals surface area contributed by atoms with Crippen LogP contribution < -0.4 is 27.9 Å². The molecule has 0 bridgehead atoms. The van der Waals surface area contributed by atoms with Crippen LogP contribution in [0.4, 0.5) is 0 Å². The van der Waals surface area contributed by atoms with Gasteiger partial charge in [0.2, 0.25) is 0 Å². The Hall–Kier alpha value is -12.1. The topological polar surface area (TPSA) is 117 Å². The van der Waals surface area contributed by atoms with Gasteiger partial charge in [0.05, 0.1) is 0 Å². The standard InChI is InChI=1S/2C48H29O4P.Mg/c2*49-53(50)51-47-41(43-35-19-7-1-13-29(35)25-30-14-2-8-20-36(30)43)27-33-17-5-11-23-39(33)45(47)46-40-24-12-6-18-34(40)28-42(48(46)52-53)44-37-21-9-3-15-31(37)26-32-16-4-10-22-38(32)44;/h2*1-28H,(H,49,50);/q;;+2/p-2. The van der Waals surface area contributed by atoms with Gasteiger partial charge >= 0.3 is 38.7 Å². The van der Waals surface area contributed by atoms with E-state index in [1.807, 2.05) is 170 Å². The molecule has 2 heterocycles. The van der Waals surface area contributed by atoms with Crippen molar-refractivity contribution in [3.63, 3.8) is 0 Å². The molecule has 2 aliphatic rings. The zero-order valence-electron chi connectivity index (χ0n) is 57.2. The van der Waals surface area contributed by atoms with E-state index in [1.165, 1.54) is 0 Å². The van der Waals surface area contributed by atoms with E-state index in [4.69, 9.17) is 18.1 Å². The molecule has 2 aliphatic heterocycles. The molecular weight excluding hydrogens is 1370 g/mol. The third-order valence-electron chi connectivity index (χ3n) is 21.5. The average molecular weight is 1420 g/mol. The van der Waals surface area contributed by atoms with Crippen LogP contribution in [0.1, 0.15) is 0 Å². The van der Waals surface area contributed by atoms with Gasteiger partial charge in [0.15, 0.2) is 0 Å². The first-order chi connectivity index (χ1) is 52.0. The van der Waals surface area contributed by atoms with Gasteiger partial charge in [-0.3, -0.25) is 0 Å². The van der Waals surface area contributed by atoms with Crippen molar-refractivity contribution in [3.05, 3.63) is 340 Å². The summed E-state index contributed by atoms with van der Waals surface area (Å²) in [6.45, 7) is 0. The number of phosphoric ester groups is 2. The molecule has 0 aliphatic carbocycles. The summed E-state index contributed by atoms with van der Waals surface area (Å²) in [5.41, 5.74) is 9.09. The minimum atomic E-state index is -5.04. The first kappa shape index (κ1) is 64.5. The van der Waals surface area contributed by atoms with Crippen molar-refractivity contribution in [2.45, 2.75) is 0 Å². The Labute approximate surface area is 629 Å². The van der Waals surface area contributed by atoms with Gasteiger partial charge < -0.3 is 27.9 Å². The summed E-state index contributed by atoms with van der Waals surface area (Å²) >= 11 is 0. The van der Waals surface area contributed by atoms with E-state index in [1.54, 1.807) is 0 Å². The van der Waals surface area contributed by atoms with E-state index >= 15 is 0 Å². The maximum Gasteiger partial charge on any atom is 2.00 e. The number of hydrogen-bond acceptors (Lipinski definition) is 8. The second-order valence-electron chi connectivity index (χ2n) is 27.4. The second kappa shape index (κ2) is 25.0. The smallest absolute Gasteiger partial charge is 0.736 e. The molecule has 500 valence electrons. The molecule has 8 nitrogen and oxygen atoms in total. The van der Waals surface area contributed by atoms with E-state index in [2.05, 4.69) is 170 Å². The maximum absolute atomic E-state index is 14.5. The molecule has 0 aromatic heterocycles. The van der Waals surface area contributed by atoms with Gasteiger partial charge in [-0.1, -0.05) is 291 Å². The molecule has 0 spiro atoms. The Morgan fingerprint density at radius 2 is 0.299 bits per heavy atom. The normalized spacial score (nSPS) is 13.4. The van der Waals surface area contributed by atoms with Crippen molar-refractivity contribution in [1.82, 2.24) is 0 Å². The molecular formula is C96H56MgO8P2. The molecule has 0 N–H and O–H groups in total. The van der Waals surface area contributed by atoms with Crippen LogP contribution in [0, 0.1) is 0 Å². The van der Waals surface area contributed by atoms with Crippen molar-refractivity contribution in [2.24, 2.45) is 0 Å². The second-order valence-corrected chi connectivity index (χ2v) is 30.0. The Bertz CT molecular complexity index is 6280. The maximum atomic E-state index is 14.5. The largest absolute Gasteiger partial charge is 2.00 e. The minimum absolute atomic E-state index is 0. The Morgan fingerprint density at radius 3 is 0.449 bits per heavy atom. The number of rotatable bonds is 4. The van der Waals surface area contributed by atoms with Gasteiger partial charge in [0.25, 0.3) is 0 Å². The average Bonchev–Trinajstić information content (AvgIpc) is 1.68. The summed E-state index contributed by atoms with van der Waals surface area (Å²) in [6, 6.07) is 115. The van der Waals surface area contributed by atoms with E-state index in [-0.39, 0.29) is 46.1 Å². The third kappa shape index (κ3) is 10.4. The molecule has 22 rings (SSSR count). The van der Waals surface area contributed by atoms with Gasteiger partial charge in [-0.15, -0.1) is 0 Å². The van der Waals surface area contributed by atoms with E-state index in [9.17, 15) is 18.9 Å². The van der Waals surface area contributed by atoms with Gasteiger partial charge in [-0.25, -0.2) is 9.13 Å². The molecule has 0 atom stereocenters. The van der Waals surface area contributed by atoms with Crippen LogP contribution in [-0.2, 0) is 9.13 Å². The van der Waals surface area contributed by atoms with Gasteiger partial charge in [0.1, 0.15) is 23.0 Å². The molecule has 20 aromatic carbocycles. The third-order valence-corrected chi connectivity index (χ3v) is 23.1. The predicted molar refractivity (Wildman–Crippen MR) is 439 cm³/mol. The molecule has 0 radical (unpaired) electrons. The summed E-state index contributed by atoms with van der Waals surface area (Å²) in [5.74, 6) is 1.03. The number of fused-ring (bicyclic) bond motifs is 22. The van der Waals surface area contributed by atoms with Crippen LogP contribution in [0.3, 0.4) is 0 Å². The SMILES string of the molecule is O=P1([O-])Oc2c(-c3c4ccccc4cc4ccccc34)cc3ccccc3c2-c2c(c(-c3c4ccccc4cc4ccccc34)cc3ccccc23)O1.O=P1([O-])Oc2c(-c3c4ccccc4cc4ccccc34)cc3ccccc3c2-c2c(c(-c3c4ccccc4cc4ccccc34)cc3ccccc23)O1.[Mg+2]. The number of benzene rings is 20. The fourth-order valence-corrected chi connectivity index (χ4v) is 18.9. The summed E-state index contributed by atoms with van der Waals surface area (Å²) in [4.78, 5) is 28.9. The monoisotopic (exact) mass is 1420 g/mol. The van der Waals surface area contributed by atoms with Crippen LogP contribution in [0.15, 0.2) is 340 Å². The first-order valence-electron chi connectivity index (χ1n) is 35.3. The summed E-state index contributed by atoms with van der Waals surface area (Å²) < 4.78 is 54.2. The van der Waals surface area contributed by atoms with Crippen molar-refractivity contribution >= 4 is 168 Å². The molecule has 20 aromatic rings. The summed E-state index contributed by atoms with van der Waals surface area (Å²) in [6.07, 6.45) is 0. The molecule has 107 heavy (non-hydrogen) atoms. The fraction of sp³-hybridized carbons (Fsp3) is 0. The quantitative estimate of drug-likeness (QED) is 0.0972. The zero-order valence-corrected chi connectivity index (χ0v) is 60.4. The Morgan fingerprint density at radius 1 is 0.178 bits per heavy atom. The van der Waals surface area contributed by atoms with Crippen LogP contribution >= 0.6 is 15.6 Å². The van der Waals surface area contributed by atoms with E-state index < -0.39 is 15.6 Å². The minimum Gasteiger partial charge on any atom is -0.736 e. The Kier molecular flexibility index (Phi) is 15.1. The van der Waals surface area contributed by atoms with E-state index in [0.717, 1.165) is 152 Å². The molecule has 0 saturated heterocycles. The van der Waals surface area contributed by atoms with Gasteiger partial charge in [-0.2, -0.15) is 0 Å². The first-order valence-corrected chi connectivity index (χ1v) is 38.2. The molecule has 11 heteroatoms. The van der Waals surface area contributed by atoms with Crippen molar-refractivity contribution in [1.29, 1.82) is 0 Å². The number of hydrogen-bond donors (Lipinski definition) is 0. The fourth-order valence-electron chi connectivity index (χ4n) is 17.1. The van der Waals surface area contributed by atoms with Crippen molar-refractivity contribution in [3.8, 4) is 89.8 Å². The molecule has 0 saturated carbocycles. The summed E-state index contributed by atoms with van der Waals surface area (Å²) in [7, 11) is -10.1. The van der Waals surface area contributed by atoms with Gasteiger partial charge in [-0.05, 0) is 178 Å². The summed E-state index contributed by atoms with van der Waals surface area (Å²) in [5, 5.41) is 23.7. The predicted octanol–water partition coefficient (Wildman–Crippen LogP) is 25.3. The molecule has 0 unspecified atom stereocenters. The van der Waals surface area contributed by atoms with Crippen LogP contribution in [0.25, 0.3) is 196 Å². The molecule has 0 fully saturated rings.